The number of hydrogen-bond donors (Lipinski definition) is 0. The molecule has 0 bridgehead atoms. The first-order valence-corrected chi connectivity index (χ1v) is 8.25. The van der Waals surface area contributed by atoms with Crippen molar-refractivity contribution in [3.63, 3.8) is 0 Å². The van der Waals surface area contributed by atoms with Crippen LogP contribution in [0, 0.1) is 6.92 Å². The molecular weight excluding hydrogens is 276 g/mol. The summed E-state index contributed by atoms with van der Waals surface area (Å²) < 4.78 is 3.99. The molecule has 4 nitrogen and oxygen atoms in total. The van der Waals surface area contributed by atoms with Gasteiger partial charge >= 0.3 is 0 Å². The van der Waals surface area contributed by atoms with E-state index in [0.29, 0.717) is 0 Å². The second-order valence-electron chi connectivity index (χ2n) is 5.14. The molecule has 0 aliphatic heterocycles. The van der Waals surface area contributed by atoms with Crippen LogP contribution in [-0.2, 0) is 25.9 Å². The van der Waals surface area contributed by atoms with Crippen molar-refractivity contribution in [3.05, 3.63) is 26.1 Å². The number of nitrogens with zero attached hydrogens (tertiary/aromatic N) is 4. The largest absolute Gasteiger partial charge is 0.294 e. The third-order valence-electron chi connectivity index (χ3n) is 3.45. The molecule has 0 N–H and O–H groups in total. The molecule has 1 aliphatic carbocycles. The van der Waals surface area contributed by atoms with Crippen LogP contribution in [0.4, 0.5) is 0 Å². The van der Waals surface area contributed by atoms with Gasteiger partial charge < -0.3 is 0 Å². The topological polar surface area (TPSA) is 41.9 Å². The molecule has 0 saturated heterocycles. The number of thiazole rings is 1. The summed E-state index contributed by atoms with van der Waals surface area (Å²) in [7, 11) is 2.14. The summed E-state index contributed by atoms with van der Waals surface area (Å²) in [6.45, 7) is 3.86. The van der Waals surface area contributed by atoms with Crippen molar-refractivity contribution in [2.24, 2.45) is 0 Å². The molecule has 6 heteroatoms. The normalized spacial score (nSPS) is 14.9. The Hall–Kier alpha value is -0.850. The lowest BCUT2D eigenvalue weighted by Gasteiger charge is -2.13. The average molecular weight is 294 g/mol. The van der Waals surface area contributed by atoms with Crippen LogP contribution in [0.2, 0.25) is 0 Å². The molecule has 2 heterocycles. The van der Waals surface area contributed by atoms with E-state index in [4.69, 9.17) is 4.98 Å². The van der Waals surface area contributed by atoms with Gasteiger partial charge in [-0.15, -0.1) is 16.4 Å². The van der Waals surface area contributed by atoms with Crippen molar-refractivity contribution in [2.75, 3.05) is 7.05 Å². The molecule has 0 atom stereocenters. The molecule has 0 spiro atoms. The zero-order valence-electron chi connectivity index (χ0n) is 11.3. The summed E-state index contributed by atoms with van der Waals surface area (Å²) in [6.07, 6.45) is 5.04. The van der Waals surface area contributed by atoms with Gasteiger partial charge in [0.15, 0.2) is 0 Å². The van der Waals surface area contributed by atoms with E-state index in [-0.39, 0.29) is 0 Å². The van der Waals surface area contributed by atoms with Crippen LogP contribution < -0.4 is 0 Å². The highest BCUT2D eigenvalue weighted by Crippen LogP contribution is 2.27. The Morgan fingerprint density at radius 2 is 2.05 bits per heavy atom. The molecule has 0 fully saturated rings. The average Bonchev–Trinajstić information content (AvgIpc) is 2.95. The highest BCUT2D eigenvalue weighted by Gasteiger charge is 2.16. The van der Waals surface area contributed by atoms with Crippen LogP contribution >= 0.6 is 22.9 Å². The Kier molecular flexibility index (Phi) is 3.91. The molecule has 1 aliphatic rings. The van der Waals surface area contributed by atoms with E-state index in [0.717, 1.165) is 18.8 Å². The highest BCUT2D eigenvalue weighted by molar-refractivity contribution is 7.11. The smallest absolute Gasteiger partial charge is 0.107 e. The molecule has 3 rings (SSSR count). The maximum atomic E-state index is 4.79. The van der Waals surface area contributed by atoms with E-state index in [2.05, 4.69) is 21.5 Å². The van der Waals surface area contributed by atoms with Gasteiger partial charge in [-0.3, -0.25) is 4.90 Å². The first-order chi connectivity index (χ1) is 9.22. The molecule has 0 radical (unpaired) electrons. The van der Waals surface area contributed by atoms with Gasteiger partial charge in [-0.05, 0) is 51.2 Å². The van der Waals surface area contributed by atoms with E-state index in [9.17, 15) is 0 Å². The fourth-order valence-electron chi connectivity index (χ4n) is 2.40. The van der Waals surface area contributed by atoms with Crippen LogP contribution in [0.25, 0.3) is 0 Å². The number of rotatable bonds is 4. The van der Waals surface area contributed by atoms with E-state index in [1.165, 1.54) is 57.7 Å². The third kappa shape index (κ3) is 3.01. The number of aryl methyl sites for hydroxylation is 3. The van der Waals surface area contributed by atoms with Crippen molar-refractivity contribution in [1.29, 1.82) is 0 Å². The zero-order chi connectivity index (χ0) is 13.2. The Morgan fingerprint density at radius 1 is 1.21 bits per heavy atom. The van der Waals surface area contributed by atoms with E-state index in [1.54, 1.807) is 0 Å². The SMILES string of the molecule is Cc1nnsc1CN(C)Cc1nc2c(s1)CCCC2. The number of aromatic nitrogens is 3. The highest BCUT2D eigenvalue weighted by atomic mass is 32.1. The van der Waals surface area contributed by atoms with Crippen molar-refractivity contribution < 1.29 is 0 Å². The van der Waals surface area contributed by atoms with Crippen LogP contribution in [0.15, 0.2) is 0 Å². The fraction of sp³-hybridized carbons (Fsp3) is 0.615. The molecule has 0 amide bonds. The Bertz CT molecular complexity index is 537. The molecule has 0 aromatic carbocycles. The minimum atomic E-state index is 0.910. The van der Waals surface area contributed by atoms with Crippen LogP contribution in [0.3, 0.4) is 0 Å². The molecule has 2 aromatic heterocycles. The summed E-state index contributed by atoms with van der Waals surface area (Å²) >= 11 is 3.40. The maximum absolute atomic E-state index is 4.79. The van der Waals surface area contributed by atoms with Crippen LogP contribution in [0.1, 0.15) is 39.0 Å². The maximum Gasteiger partial charge on any atom is 0.107 e. The third-order valence-corrected chi connectivity index (χ3v) is 5.40. The van der Waals surface area contributed by atoms with E-state index >= 15 is 0 Å². The standard InChI is InChI=1S/C13H18N4S2/c1-9-12(19-16-15-9)7-17(2)8-13-14-10-5-3-4-6-11(10)18-13/h3-8H2,1-2H3. The molecule has 2 aromatic rings. The predicted octanol–water partition coefficient (Wildman–Crippen LogP) is 2.81. The molecule has 0 saturated carbocycles. The first kappa shape index (κ1) is 13.1. The minimum Gasteiger partial charge on any atom is -0.294 e. The molecular formula is C13H18N4S2. The molecule has 102 valence electrons. The summed E-state index contributed by atoms with van der Waals surface area (Å²) in [5, 5.41) is 5.31. The van der Waals surface area contributed by atoms with Gasteiger partial charge in [0.1, 0.15) is 5.01 Å². The van der Waals surface area contributed by atoms with Gasteiger partial charge in [0.2, 0.25) is 0 Å². The van der Waals surface area contributed by atoms with Gasteiger partial charge in [0.05, 0.1) is 22.8 Å². The lowest BCUT2D eigenvalue weighted by atomic mass is 10.0. The lowest BCUT2D eigenvalue weighted by Crippen LogP contribution is -2.17. The summed E-state index contributed by atoms with van der Waals surface area (Å²) in [5.41, 5.74) is 2.41. The summed E-state index contributed by atoms with van der Waals surface area (Å²) in [4.78, 5) is 9.86. The van der Waals surface area contributed by atoms with Crippen LogP contribution in [-0.4, -0.2) is 26.5 Å². The second-order valence-corrected chi connectivity index (χ2v) is 7.15. The van der Waals surface area contributed by atoms with Crippen molar-refractivity contribution >= 4 is 22.9 Å². The van der Waals surface area contributed by atoms with Gasteiger partial charge in [0, 0.05) is 11.4 Å². The van der Waals surface area contributed by atoms with Crippen molar-refractivity contribution in [2.45, 2.75) is 45.7 Å². The summed E-state index contributed by atoms with van der Waals surface area (Å²) in [5.74, 6) is 0. The number of fused-ring (bicyclic) bond motifs is 1. The molecule has 19 heavy (non-hydrogen) atoms. The number of hydrogen-bond acceptors (Lipinski definition) is 6. The second kappa shape index (κ2) is 5.64. The van der Waals surface area contributed by atoms with Gasteiger partial charge in [0.25, 0.3) is 0 Å². The van der Waals surface area contributed by atoms with Crippen molar-refractivity contribution in [1.82, 2.24) is 19.5 Å². The van der Waals surface area contributed by atoms with Crippen molar-refractivity contribution in [3.8, 4) is 0 Å². The fourth-order valence-corrected chi connectivity index (χ4v) is 4.35. The van der Waals surface area contributed by atoms with E-state index in [1.807, 2.05) is 18.3 Å². The predicted molar refractivity (Wildman–Crippen MR) is 78.6 cm³/mol. The Balaban J connectivity index is 1.64. The van der Waals surface area contributed by atoms with E-state index < -0.39 is 0 Å². The molecule has 0 unspecified atom stereocenters. The van der Waals surface area contributed by atoms with Gasteiger partial charge in [-0.2, -0.15) is 0 Å². The van der Waals surface area contributed by atoms with Crippen LogP contribution in [0.5, 0.6) is 0 Å². The summed E-state index contributed by atoms with van der Waals surface area (Å²) in [6, 6.07) is 0. The minimum absolute atomic E-state index is 0.910. The first-order valence-electron chi connectivity index (χ1n) is 6.66. The Labute approximate surface area is 121 Å². The lowest BCUT2D eigenvalue weighted by molar-refractivity contribution is 0.320. The zero-order valence-corrected chi connectivity index (χ0v) is 13.0. The quantitative estimate of drug-likeness (QED) is 0.869. The monoisotopic (exact) mass is 294 g/mol. The van der Waals surface area contributed by atoms with Gasteiger partial charge in [-0.1, -0.05) is 4.49 Å². The Morgan fingerprint density at radius 3 is 2.79 bits per heavy atom. The van der Waals surface area contributed by atoms with Gasteiger partial charge in [-0.25, -0.2) is 4.98 Å².